The molecule has 2 N–H and O–H groups in total. The van der Waals surface area contributed by atoms with Crippen LogP contribution in [0, 0.1) is 0 Å². The number of thiophene rings is 1. The van der Waals surface area contributed by atoms with Crippen LogP contribution in [0.15, 0.2) is 53.8 Å². The summed E-state index contributed by atoms with van der Waals surface area (Å²) >= 11 is 1.45. The maximum absolute atomic E-state index is 12.6. The molecule has 4 rings (SSSR count). The number of hydrogen-bond acceptors (Lipinski definition) is 6. The van der Waals surface area contributed by atoms with Gasteiger partial charge in [0.1, 0.15) is 17.7 Å². The summed E-state index contributed by atoms with van der Waals surface area (Å²) in [6.07, 6.45) is 2.67. The van der Waals surface area contributed by atoms with Gasteiger partial charge in [-0.25, -0.2) is 10.1 Å². The molecule has 3 heterocycles. The lowest BCUT2D eigenvalue weighted by Gasteiger charge is -2.04. The number of carbonyl (C=O) groups is 1. The number of fused-ring (bicyclic) bond motifs is 1. The molecule has 0 aliphatic heterocycles. The van der Waals surface area contributed by atoms with Crippen LogP contribution in [0.4, 0.5) is 5.95 Å². The van der Waals surface area contributed by atoms with Gasteiger partial charge in [0.25, 0.3) is 5.56 Å². The summed E-state index contributed by atoms with van der Waals surface area (Å²) in [4.78, 5) is 34.4. The fraction of sp³-hybridized carbons (Fsp3) is 0.0625. The predicted octanol–water partition coefficient (Wildman–Crippen LogP) is 1.88. The molecular weight excluding hydrogens is 340 g/mol. The van der Waals surface area contributed by atoms with Gasteiger partial charge >= 0.3 is 0 Å². The van der Waals surface area contributed by atoms with Crippen molar-refractivity contribution in [3.8, 4) is 10.4 Å². The summed E-state index contributed by atoms with van der Waals surface area (Å²) in [6.45, 7) is -0.154. The molecule has 0 aliphatic rings. The zero-order chi connectivity index (χ0) is 17.2. The maximum Gasteiger partial charge on any atom is 0.262 e. The largest absolute Gasteiger partial charge is 0.293 e. The molecule has 1 aromatic carbocycles. The SMILES string of the molecule is O=C(Cn1cnc2sc(-c3ccccc3)cc2c1=O)Nc1ncn[nH]1. The number of nitrogens with one attached hydrogen (secondary N) is 2. The molecule has 1 amide bonds. The van der Waals surface area contributed by atoms with E-state index < -0.39 is 5.91 Å². The third-order valence-electron chi connectivity index (χ3n) is 3.56. The Morgan fingerprint density at radius 1 is 1.24 bits per heavy atom. The van der Waals surface area contributed by atoms with E-state index in [1.165, 1.54) is 28.6 Å². The Labute approximate surface area is 145 Å². The smallest absolute Gasteiger partial charge is 0.262 e. The Hall–Kier alpha value is -3.33. The molecule has 124 valence electrons. The lowest BCUT2D eigenvalue weighted by molar-refractivity contribution is -0.116. The summed E-state index contributed by atoms with van der Waals surface area (Å²) < 4.78 is 1.27. The Balaban J connectivity index is 1.64. The number of nitrogens with zero attached hydrogens (tertiary/aromatic N) is 4. The van der Waals surface area contributed by atoms with Crippen LogP contribution >= 0.6 is 11.3 Å². The normalized spacial score (nSPS) is 10.9. The zero-order valence-electron chi connectivity index (χ0n) is 12.8. The minimum absolute atomic E-state index is 0.154. The minimum atomic E-state index is -0.390. The Morgan fingerprint density at radius 3 is 2.84 bits per heavy atom. The summed E-state index contributed by atoms with van der Waals surface area (Å²) in [5.41, 5.74) is 0.774. The van der Waals surface area contributed by atoms with Crippen LogP contribution in [-0.4, -0.2) is 30.6 Å². The molecule has 4 aromatic rings. The van der Waals surface area contributed by atoms with Gasteiger partial charge in [0.05, 0.1) is 11.7 Å². The van der Waals surface area contributed by atoms with E-state index in [0.717, 1.165) is 10.4 Å². The number of hydrogen-bond donors (Lipinski definition) is 2. The van der Waals surface area contributed by atoms with Gasteiger partial charge in [0.15, 0.2) is 0 Å². The topological polar surface area (TPSA) is 106 Å². The van der Waals surface area contributed by atoms with Crippen molar-refractivity contribution in [2.24, 2.45) is 0 Å². The van der Waals surface area contributed by atoms with Crippen LogP contribution in [0.5, 0.6) is 0 Å². The second-order valence-electron chi connectivity index (χ2n) is 5.26. The van der Waals surface area contributed by atoms with Crippen LogP contribution in [0.25, 0.3) is 20.7 Å². The fourth-order valence-corrected chi connectivity index (χ4v) is 3.40. The molecule has 3 aromatic heterocycles. The van der Waals surface area contributed by atoms with Gasteiger partial charge in [-0.3, -0.25) is 19.5 Å². The molecule has 0 saturated carbocycles. The van der Waals surface area contributed by atoms with Crippen molar-refractivity contribution in [1.29, 1.82) is 0 Å². The summed E-state index contributed by atoms with van der Waals surface area (Å²) in [5, 5.41) is 9.19. The van der Waals surface area contributed by atoms with Crippen LogP contribution in [0.1, 0.15) is 0 Å². The first kappa shape index (κ1) is 15.2. The second kappa shape index (κ2) is 6.29. The number of benzene rings is 1. The quantitative estimate of drug-likeness (QED) is 0.583. The van der Waals surface area contributed by atoms with E-state index in [2.05, 4.69) is 25.5 Å². The van der Waals surface area contributed by atoms with Crippen molar-refractivity contribution in [2.75, 3.05) is 5.32 Å². The highest BCUT2D eigenvalue weighted by Gasteiger charge is 2.12. The first-order valence-electron chi connectivity index (χ1n) is 7.40. The van der Waals surface area contributed by atoms with Crippen LogP contribution in [0.2, 0.25) is 0 Å². The van der Waals surface area contributed by atoms with Gasteiger partial charge in [0, 0.05) is 4.88 Å². The number of amides is 1. The van der Waals surface area contributed by atoms with Gasteiger partial charge in [-0.05, 0) is 11.6 Å². The van der Waals surface area contributed by atoms with Crippen LogP contribution in [-0.2, 0) is 11.3 Å². The highest BCUT2D eigenvalue weighted by atomic mass is 32.1. The molecule has 25 heavy (non-hydrogen) atoms. The average Bonchev–Trinajstić information content (AvgIpc) is 3.28. The summed E-state index contributed by atoms with van der Waals surface area (Å²) in [5.74, 6) is -0.160. The van der Waals surface area contributed by atoms with E-state index in [1.54, 1.807) is 0 Å². The molecule has 0 spiro atoms. The van der Waals surface area contributed by atoms with Crippen LogP contribution in [0.3, 0.4) is 0 Å². The number of aromatic nitrogens is 5. The first-order chi connectivity index (χ1) is 12.2. The summed E-state index contributed by atoms with van der Waals surface area (Å²) in [7, 11) is 0. The second-order valence-corrected chi connectivity index (χ2v) is 6.29. The van der Waals surface area contributed by atoms with Crippen molar-refractivity contribution < 1.29 is 4.79 Å². The molecule has 0 radical (unpaired) electrons. The Kier molecular flexibility index (Phi) is 3.82. The molecule has 0 bridgehead atoms. The highest BCUT2D eigenvalue weighted by Crippen LogP contribution is 2.30. The molecule has 9 heteroatoms. The number of rotatable bonds is 4. The maximum atomic E-state index is 12.6. The van der Waals surface area contributed by atoms with E-state index in [0.29, 0.717) is 10.2 Å². The lowest BCUT2D eigenvalue weighted by atomic mass is 10.2. The van der Waals surface area contributed by atoms with Crippen molar-refractivity contribution in [1.82, 2.24) is 24.7 Å². The average molecular weight is 352 g/mol. The Bertz CT molecular complexity index is 1080. The predicted molar refractivity (Wildman–Crippen MR) is 94.3 cm³/mol. The number of H-pyrrole nitrogens is 1. The molecule has 0 aliphatic carbocycles. The third-order valence-corrected chi connectivity index (χ3v) is 4.66. The minimum Gasteiger partial charge on any atom is -0.293 e. The van der Waals surface area contributed by atoms with Gasteiger partial charge in [-0.15, -0.1) is 11.3 Å². The van der Waals surface area contributed by atoms with Gasteiger partial charge < -0.3 is 0 Å². The number of carbonyl (C=O) groups excluding carboxylic acids is 1. The van der Waals surface area contributed by atoms with Gasteiger partial charge in [-0.2, -0.15) is 10.1 Å². The number of anilines is 1. The molecule has 0 unspecified atom stereocenters. The molecule has 0 fully saturated rings. The first-order valence-corrected chi connectivity index (χ1v) is 8.22. The van der Waals surface area contributed by atoms with Gasteiger partial charge in [0.2, 0.25) is 11.9 Å². The third kappa shape index (κ3) is 3.04. The van der Waals surface area contributed by atoms with Crippen molar-refractivity contribution in [3.63, 3.8) is 0 Å². The van der Waals surface area contributed by atoms with E-state index in [1.807, 2.05) is 36.4 Å². The fourth-order valence-electron chi connectivity index (χ4n) is 2.41. The summed E-state index contributed by atoms with van der Waals surface area (Å²) in [6, 6.07) is 11.6. The van der Waals surface area contributed by atoms with E-state index in [9.17, 15) is 9.59 Å². The van der Waals surface area contributed by atoms with Crippen LogP contribution < -0.4 is 10.9 Å². The van der Waals surface area contributed by atoms with E-state index in [4.69, 9.17) is 0 Å². The molecule has 8 nitrogen and oxygen atoms in total. The van der Waals surface area contributed by atoms with Crippen molar-refractivity contribution in [3.05, 3.63) is 59.4 Å². The van der Waals surface area contributed by atoms with Crippen molar-refractivity contribution in [2.45, 2.75) is 6.54 Å². The lowest BCUT2D eigenvalue weighted by Crippen LogP contribution is -2.27. The number of aromatic amines is 1. The van der Waals surface area contributed by atoms with E-state index >= 15 is 0 Å². The van der Waals surface area contributed by atoms with Crippen molar-refractivity contribution >= 4 is 33.4 Å². The van der Waals surface area contributed by atoms with Gasteiger partial charge in [-0.1, -0.05) is 30.3 Å². The molecule has 0 atom stereocenters. The van der Waals surface area contributed by atoms with E-state index in [-0.39, 0.29) is 18.1 Å². The molecule has 0 saturated heterocycles. The Morgan fingerprint density at radius 2 is 2.08 bits per heavy atom. The molecular formula is C16H12N6O2S. The monoisotopic (exact) mass is 352 g/mol. The zero-order valence-corrected chi connectivity index (χ0v) is 13.7. The standard InChI is InChI=1S/C16H12N6O2S/c23-13(20-16-17-8-19-21-16)7-22-9-18-14-11(15(22)24)6-12(25-14)10-4-2-1-3-5-10/h1-6,8-9H,7H2,(H2,17,19,20,21,23). The highest BCUT2D eigenvalue weighted by molar-refractivity contribution is 7.21.